The van der Waals surface area contributed by atoms with Crippen molar-refractivity contribution in [3.8, 4) is 33.4 Å². The molecular weight excluding hydrogens is 605 g/mol. The average molecular weight is 645 g/mol. The molecule has 2 N–H and O–H groups in total. The Balaban J connectivity index is 0.000000149. The van der Waals surface area contributed by atoms with Crippen LogP contribution in [0.15, 0.2) is 231 Å². The van der Waals surface area contributed by atoms with E-state index in [1.807, 2.05) is 60.7 Å². The van der Waals surface area contributed by atoms with E-state index < -0.39 is 0 Å². The third-order valence-corrected chi connectivity index (χ3v) is 7.99. The zero-order chi connectivity index (χ0) is 34.1. The van der Waals surface area contributed by atoms with Crippen molar-refractivity contribution in [3.05, 3.63) is 231 Å². The maximum absolute atomic E-state index is 3.41. The van der Waals surface area contributed by atoms with Gasteiger partial charge in [0.1, 0.15) is 0 Å². The molecular formula is C48H40N2. The Bertz CT molecular complexity index is 1850. The van der Waals surface area contributed by atoms with Crippen molar-refractivity contribution < 1.29 is 0 Å². The predicted octanol–water partition coefficient (Wildman–Crippen LogP) is 13.5. The number of benzene rings is 8. The van der Waals surface area contributed by atoms with E-state index >= 15 is 0 Å². The molecule has 0 heterocycles. The largest absolute Gasteiger partial charge is 0.356 e. The molecule has 0 aliphatic rings. The highest BCUT2D eigenvalue weighted by atomic mass is 14.9. The highest BCUT2D eigenvalue weighted by molar-refractivity contribution is 5.71. The third-order valence-electron chi connectivity index (χ3n) is 7.99. The lowest BCUT2D eigenvalue weighted by atomic mass is 10.0. The van der Waals surface area contributed by atoms with Crippen LogP contribution >= 0.6 is 0 Å². The molecule has 2 nitrogen and oxygen atoms in total. The molecule has 0 amide bonds. The summed E-state index contributed by atoms with van der Waals surface area (Å²) in [5.41, 5.74) is 11.9. The van der Waals surface area contributed by atoms with Crippen LogP contribution in [0.4, 0.5) is 22.7 Å². The summed E-state index contributed by atoms with van der Waals surface area (Å²) < 4.78 is 0. The number of hydrogen-bond acceptors (Lipinski definition) is 2. The van der Waals surface area contributed by atoms with Crippen LogP contribution in [0.5, 0.6) is 0 Å². The third kappa shape index (κ3) is 10.2. The zero-order valence-electron chi connectivity index (χ0n) is 27.9. The van der Waals surface area contributed by atoms with E-state index in [-0.39, 0.29) is 0 Å². The Morgan fingerprint density at radius 2 is 0.340 bits per heavy atom. The lowest BCUT2D eigenvalue weighted by Gasteiger charge is -2.09. The van der Waals surface area contributed by atoms with Gasteiger partial charge in [-0.25, -0.2) is 0 Å². The summed E-state index contributed by atoms with van der Waals surface area (Å²) in [6, 6.07) is 79.0. The number of para-hydroxylation sites is 2. The van der Waals surface area contributed by atoms with E-state index in [0.29, 0.717) is 0 Å². The standard InChI is InChI=1S/C24H20N2.2C12H10/c1-3-7-21(8-4-1)25-23-15-11-19(12-16-23)20-13-17-24(18-14-20)26-22-9-5-2-6-10-22;2*1-3-7-11(8-4-1)12-9-5-2-6-10-12/h1-18,25-26H;2*1-10H. The lowest BCUT2D eigenvalue weighted by molar-refractivity contribution is 1.53. The van der Waals surface area contributed by atoms with Crippen LogP contribution in [0.2, 0.25) is 0 Å². The summed E-state index contributed by atoms with van der Waals surface area (Å²) in [6.07, 6.45) is 0. The predicted molar refractivity (Wildman–Crippen MR) is 215 cm³/mol. The molecule has 0 saturated heterocycles. The zero-order valence-corrected chi connectivity index (χ0v) is 27.9. The van der Waals surface area contributed by atoms with Gasteiger partial charge in [-0.3, -0.25) is 0 Å². The second kappa shape index (κ2) is 18.1. The van der Waals surface area contributed by atoms with Gasteiger partial charge >= 0.3 is 0 Å². The van der Waals surface area contributed by atoms with Gasteiger partial charge in [0.15, 0.2) is 0 Å². The molecule has 2 heteroatoms. The first-order valence-corrected chi connectivity index (χ1v) is 16.9. The highest BCUT2D eigenvalue weighted by Crippen LogP contribution is 2.26. The minimum Gasteiger partial charge on any atom is -0.356 e. The maximum atomic E-state index is 3.41. The fraction of sp³-hybridized carbons (Fsp3) is 0. The molecule has 0 unspecified atom stereocenters. The van der Waals surface area contributed by atoms with Crippen LogP contribution in [-0.4, -0.2) is 0 Å². The molecule has 8 rings (SSSR count). The first-order chi connectivity index (χ1) is 24.8. The first-order valence-electron chi connectivity index (χ1n) is 16.9. The number of nitrogens with one attached hydrogen (secondary N) is 2. The van der Waals surface area contributed by atoms with Gasteiger partial charge < -0.3 is 10.6 Å². The molecule has 50 heavy (non-hydrogen) atoms. The SMILES string of the molecule is c1ccc(-c2ccccc2)cc1.c1ccc(-c2ccccc2)cc1.c1ccc(Nc2ccc(-c3ccc(Nc4ccccc4)cc3)cc2)cc1. The number of anilines is 4. The minimum atomic E-state index is 1.09. The summed E-state index contributed by atoms with van der Waals surface area (Å²) in [4.78, 5) is 0. The average Bonchev–Trinajstić information content (AvgIpc) is 3.21. The molecule has 8 aromatic rings. The van der Waals surface area contributed by atoms with Gasteiger partial charge in [-0.05, 0) is 81.9 Å². The molecule has 0 bridgehead atoms. The minimum absolute atomic E-state index is 1.09. The van der Waals surface area contributed by atoms with Gasteiger partial charge in [-0.2, -0.15) is 0 Å². The van der Waals surface area contributed by atoms with Gasteiger partial charge in [0.25, 0.3) is 0 Å². The van der Waals surface area contributed by atoms with Gasteiger partial charge in [-0.1, -0.05) is 182 Å². The number of rotatable bonds is 7. The topological polar surface area (TPSA) is 24.1 Å². The van der Waals surface area contributed by atoms with E-state index in [0.717, 1.165) is 22.7 Å². The van der Waals surface area contributed by atoms with E-state index in [2.05, 4.69) is 180 Å². The molecule has 0 aliphatic carbocycles. The lowest BCUT2D eigenvalue weighted by Crippen LogP contribution is -1.90. The molecule has 0 atom stereocenters. The number of hydrogen-bond donors (Lipinski definition) is 2. The fourth-order valence-electron chi connectivity index (χ4n) is 5.39. The fourth-order valence-corrected chi connectivity index (χ4v) is 5.39. The van der Waals surface area contributed by atoms with Gasteiger partial charge in [0.05, 0.1) is 0 Å². The Kier molecular flexibility index (Phi) is 12.0. The molecule has 0 saturated carbocycles. The molecule has 0 fully saturated rings. The Hall–Kier alpha value is -6.64. The van der Waals surface area contributed by atoms with Gasteiger partial charge in [0, 0.05) is 22.7 Å². The van der Waals surface area contributed by atoms with E-state index in [4.69, 9.17) is 0 Å². The van der Waals surface area contributed by atoms with Crippen LogP contribution in [0.3, 0.4) is 0 Å². The van der Waals surface area contributed by atoms with Gasteiger partial charge in [0.2, 0.25) is 0 Å². The highest BCUT2D eigenvalue weighted by Gasteiger charge is 2.01. The maximum Gasteiger partial charge on any atom is 0.0384 e. The van der Waals surface area contributed by atoms with Crippen LogP contribution in [0.25, 0.3) is 33.4 Å². The summed E-state index contributed by atoms with van der Waals surface area (Å²) in [7, 11) is 0. The van der Waals surface area contributed by atoms with E-state index in [1.54, 1.807) is 0 Å². The summed E-state index contributed by atoms with van der Waals surface area (Å²) in [6.45, 7) is 0. The molecule has 8 aromatic carbocycles. The second-order valence-electron chi connectivity index (χ2n) is 11.6. The molecule has 0 aromatic heterocycles. The Morgan fingerprint density at radius 1 is 0.160 bits per heavy atom. The quantitative estimate of drug-likeness (QED) is 0.180. The summed E-state index contributed by atoms with van der Waals surface area (Å²) in [5, 5.41) is 6.82. The smallest absolute Gasteiger partial charge is 0.0384 e. The van der Waals surface area contributed by atoms with Crippen molar-refractivity contribution in [2.75, 3.05) is 10.6 Å². The van der Waals surface area contributed by atoms with Gasteiger partial charge in [-0.15, -0.1) is 0 Å². The van der Waals surface area contributed by atoms with Crippen molar-refractivity contribution in [3.63, 3.8) is 0 Å². The van der Waals surface area contributed by atoms with Crippen molar-refractivity contribution in [1.29, 1.82) is 0 Å². The van der Waals surface area contributed by atoms with Crippen LogP contribution in [0.1, 0.15) is 0 Å². The summed E-state index contributed by atoms with van der Waals surface area (Å²) >= 11 is 0. The van der Waals surface area contributed by atoms with Crippen molar-refractivity contribution in [2.45, 2.75) is 0 Å². The molecule has 0 radical (unpaired) electrons. The van der Waals surface area contributed by atoms with Crippen molar-refractivity contribution in [1.82, 2.24) is 0 Å². The summed E-state index contributed by atoms with van der Waals surface area (Å²) in [5.74, 6) is 0. The normalized spacial score (nSPS) is 10.0. The van der Waals surface area contributed by atoms with E-state index in [1.165, 1.54) is 33.4 Å². The molecule has 0 aliphatic heterocycles. The first kappa shape index (κ1) is 33.3. The van der Waals surface area contributed by atoms with Crippen LogP contribution in [0, 0.1) is 0 Å². The van der Waals surface area contributed by atoms with Crippen LogP contribution < -0.4 is 10.6 Å². The molecule has 242 valence electrons. The van der Waals surface area contributed by atoms with Crippen molar-refractivity contribution in [2.24, 2.45) is 0 Å². The van der Waals surface area contributed by atoms with Crippen LogP contribution in [-0.2, 0) is 0 Å². The van der Waals surface area contributed by atoms with Crippen molar-refractivity contribution >= 4 is 22.7 Å². The molecule has 0 spiro atoms. The Labute approximate surface area is 296 Å². The second-order valence-corrected chi connectivity index (χ2v) is 11.6. The monoisotopic (exact) mass is 644 g/mol. The van der Waals surface area contributed by atoms with E-state index in [9.17, 15) is 0 Å². The Morgan fingerprint density at radius 3 is 0.580 bits per heavy atom.